The highest BCUT2D eigenvalue weighted by Gasteiger charge is 2.54. The van der Waals surface area contributed by atoms with Crippen molar-refractivity contribution >= 4 is 28.9 Å². The Morgan fingerprint density at radius 3 is 2.65 bits per heavy atom. The number of para-hydroxylation sites is 1. The summed E-state index contributed by atoms with van der Waals surface area (Å²) in [6, 6.07) is 14.4. The third-order valence-electron chi connectivity index (χ3n) is 5.70. The first kappa shape index (κ1) is 19.6. The number of rotatable bonds is 3. The Labute approximate surface area is 183 Å². The van der Waals surface area contributed by atoms with Crippen LogP contribution in [0.1, 0.15) is 35.5 Å². The van der Waals surface area contributed by atoms with Crippen LogP contribution in [0.5, 0.6) is 11.5 Å². The number of benzene rings is 2. The summed E-state index contributed by atoms with van der Waals surface area (Å²) in [7, 11) is 1.57. The fourth-order valence-electron chi connectivity index (χ4n) is 4.33. The molecule has 0 spiro atoms. The standard InChI is InChI=1S/C23H19FN2O4S/c1-23-13-17(16-5-3-6-18(28-2)20(16)30-23)25(21(27)19-7-4-12-29-19)22(31)26(23)15-10-8-14(24)9-11-15/h3-12,17H,13H2,1-2H3/t17-,23-/m0/s1. The minimum Gasteiger partial charge on any atom is -0.493 e. The molecule has 1 amide bonds. The van der Waals surface area contributed by atoms with Crippen molar-refractivity contribution in [2.24, 2.45) is 0 Å². The molecule has 2 aliphatic heterocycles. The molecule has 8 heteroatoms. The molecule has 31 heavy (non-hydrogen) atoms. The number of fused-ring (bicyclic) bond motifs is 4. The molecule has 1 fully saturated rings. The summed E-state index contributed by atoms with van der Waals surface area (Å²) in [5.74, 6) is 0.571. The number of ether oxygens (including phenoxy) is 2. The van der Waals surface area contributed by atoms with Crippen molar-refractivity contribution in [1.29, 1.82) is 0 Å². The SMILES string of the molecule is COc1cccc2c1O[C@@]1(C)C[C@@H]2N(C(=O)c2ccco2)C(=S)N1c1ccc(F)cc1. The van der Waals surface area contributed by atoms with Crippen LogP contribution >= 0.6 is 12.2 Å². The Kier molecular flexibility index (Phi) is 4.48. The van der Waals surface area contributed by atoms with Crippen LogP contribution in [0.3, 0.4) is 0 Å². The van der Waals surface area contributed by atoms with Crippen molar-refractivity contribution < 1.29 is 23.1 Å². The van der Waals surface area contributed by atoms with E-state index < -0.39 is 5.72 Å². The molecule has 0 radical (unpaired) electrons. The van der Waals surface area contributed by atoms with Crippen LogP contribution in [0.4, 0.5) is 10.1 Å². The second-order valence-electron chi connectivity index (χ2n) is 7.62. The zero-order valence-electron chi connectivity index (χ0n) is 16.9. The van der Waals surface area contributed by atoms with Crippen LogP contribution in [-0.2, 0) is 0 Å². The summed E-state index contributed by atoms with van der Waals surface area (Å²) in [6.07, 6.45) is 1.89. The zero-order chi connectivity index (χ0) is 21.8. The average Bonchev–Trinajstić information content (AvgIpc) is 3.29. The van der Waals surface area contributed by atoms with Gasteiger partial charge in [-0.25, -0.2) is 4.39 Å². The Balaban J connectivity index is 1.70. The van der Waals surface area contributed by atoms with Crippen LogP contribution in [0.15, 0.2) is 65.3 Å². The Morgan fingerprint density at radius 1 is 1.19 bits per heavy atom. The number of hydrogen-bond acceptors (Lipinski definition) is 5. The fraction of sp³-hybridized carbons (Fsp3) is 0.217. The van der Waals surface area contributed by atoms with Gasteiger partial charge in [0.2, 0.25) is 0 Å². The normalized spacial score (nSPS) is 22.0. The molecule has 3 aromatic rings. The van der Waals surface area contributed by atoms with Crippen molar-refractivity contribution in [2.75, 3.05) is 12.0 Å². The summed E-state index contributed by atoms with van der Waals surface area (Å²) in [6.45, 7) is 1.90. The number of nitrogens with zero attached hydrogens (tertiary/aromatic N) is 2. The lowest BCUT2D eigenvalue weighted by atomic mass is 9.88. The van der Waals surface area contributed by atoms with E-state index in [1.807, 2.05) is 25.1 Å². The number of halogens is 1. The van der Waals surface area contributed by atoms with Crippen LogP contribution in [0.25, 0.3) is 0 Å². The Hall–Kier alpha value is -3.39. The number of methoxy groups -OCH3 is 1. The molecule has 1 aromatic heterocycles. The quantitative estimate of drug-likeness (QED) is 0.542. The third kappa shape index (κ3) is 2.97. The van der Waals surface area contributed by atoms with E-state index in [4.69, 9.17) is 26.1 Å². The Bertz CT molecular complexity index is 1160. The van der Waals surface area contributed by atoms with Gasteiger partial charge in [-0.3, -0.25) is 14.6 Å². The van der Waals surface area contributed by atoms with Gasteiger partial charge < -0.3 is 13.9 Å². The summed E-state index contributed by atoms with van der Waals surface area (Å²) in [4.78, 5) is 16.7. The van der Waals surface area contributed by atoms with E-state index in [9.17, 15) is 9.18 Å². The lowest BCUT2D eigenvalue weighted by Gasteiger charge is -2.55. The van der Waals surface area contributed by atoms with Gasteiger partial charge in [-0.15, -0.1) is 0 Å². The van der Waals surface area contributed by atoms with Gasteiger partial charge in [0.05, 0.1) is 19.4 Å². The molecule has 158 valence electrons. The molecule has 0 saturated carbocycles. The second kappa shape index (κ2) is 7.09. The molecule has 6 nitrogen and oxygen atoms in total. The highest BCUT2D eigenvalue weighted by Crippen LogP contribution is 2.52. The zero-order valence-corrected chi connectivity index (χ0v) is 17.7. The fourth-order valence-corrected chi connectivity index (χ4v) is 4.84. The highest BCUT2D eigenvalue weighted by atomic mass is 32.1. The van der Waals surface area contributed by atoms with E-state index in [1.165, 1.54) is 18.4 Å². The summed E-state index contributed by atoms with van der Waals surface area (Å²) in [5, 5.41) is 0.250. The first-order chi connectivity index (χ1) is 14.9. The van der Waals surface area contributed by atoms with Crippen molar-refractivity contribution in [2.45, 2.75) is 25.1 Å². The minimum absolute atomic E-state index is 0.181. The summed E-state index contributed by atoms with van der Waals surface area (Å²) in [5.41, 5.74) is 0.502. The van der Waals surface area contributed by atoms with E-state index in [2.05, 4.69) is 0 Å². The van der Waals surface area contributed by atoms with E-state index >= 15 is 0 Å². The molecule has 2 aliphatic rings. The third-order valence-corrected chi connectivity index (χ3v) is 6.08. The molecule has 2 bridgehead atoms. The van der Waals surface area contributed by atoms with E-state index in [1.54, 1.807) is 41.2 Å². The number of thiocarbonyl (C=S) groups is 1. The molecule has 5 rings (SSSR count). The molecule has 0 aliphatic carbocycles. The summed E-state index contributed by atoms with van der Waals surface area (Å²) < 4.78 is 31.0. The highest BCUT2D eigenvalue weighted by molar-refractivity contribution is 7.80. The monoisotopic (exact) mass is 438 g/mol. The largest absolute Gasteiger partial charge is 0.493 e. The van der Waals surface area contributed by atoms with Crippen LogP contribution in [-0.4, -0.2) is 28.8 Å². The van der Waals surface area contributed by atoms with Gasteiger partial charge in [-0.05, 0) is 61.6 Å². The first-order valence-electron chi connectivity index (χ1n) is 9.76. The molecule has 0 unspecified atom stereocenters. The number of carbonyl (C=O) groups excluding carboxylic acids is 1. The maximum absolute atomic E-state index is 13.6. The molecule has 3 heterocycles. The predicted molar refractivity (Wildman–Crippen MR) is 116 cm³/mol. The van der Waals surface area contributed by atoms with Gasteiger partial charge in [-0.1, -0.05) is 12.1 Å². The second-order valence-corrected chi connectivity index (χ2v) is 7.99. The summed E-state index contributed by atoms with van der Waals surface area (Å²) >= 11 is 5.81. The number of anilines is 1. The minimum atomic E-state index is -0.916. The van der Waals surface area contributed by atoms with Gasteiger partial charge in [0.25, 0.3) is 5.91 Å². The average molecular weight is 438 g/mol. The predicted octanol–water partition coefficient (Wildman–Crippen LogP) is 4.91. The lowest BCUT2D eigenvalue weighted by molar-refractivity contribution is 0.0152. The first-order valence-corrected chi connectivity index (χ1v) is 10.2. The number of amides is 1. The van der Waals surface area contributed by atoms with Crippen molar-refractivity contribution in [3.05, 3.63) is 78.0 Å². The smallest absolute Gasteiger partial charge is 0.296 e. The molecule has 1 saturated heterocycles. The van der Waals surface area contributed by atoms with Crippen LogP contribution < -0.4 is 14.4 Å². The molecular weight excluding hydrogens is 419 g/mol. The van der Waals surface area contributed by atoms with Crippen LogP contribution in [0, 0.1) is 5.82 Å². The number of hydrogen-bond donors (Lipinski definition) is 0. The van der Waals surface area contributed by atoms with Crippen molar-refractivity contribution in [3.8, 4) is 11.5 Å². The molecule has 2 atom stereocenters. The lowest BCUT2D eigenvalue weighted by Crippen LogP contribution is -2.67. The number of furan rings is 1. The van der Waals surface area contributed by atoms with Crippen molar-refractivity contribution in [3.63, 3.8) is 0 Å². The number of carbonyl (C=O) groups is 1. The topological polar surface area (TPSA) is 55.2 Å². The van der Waals surface area contributed by atoms with Gasteiger partial charge in [0, 0.05) is 17.7 Å². The van der Waals surface area contributed by atoms with Gasteiger partial charge in [0.1, 0.15) is 5.82 Å². The van der Waals surface area contributed by atoms with E-state index in [-0.39, 0.29) is 28.6 Å². The van der Waals surface area contributed by atoms with Crippen LogP contribution in [0.2, 0.25) is 0 Å². The molecule has 0 N–H and O–H groups in total. The van der Waals surface area contributed by atoms with E-state index in [0.717, 1.165) is 5.56 Å². The maximum Gasteiger partial charge on any atom is 0.296 e. The van der Waals surface area contributed by atoms with Crippen molar-refractivity contribution in [1.82, 2.24) is 4.90 Å². The van der Waals surface area contributed by atoms with Gasteiger partial charge in [0.15, 0.2) is 28.1 Å². The maximum atomic E-state index is 13.6. The van der Waals surface area contributed by atoms with Gasteiger partial charge in [-0.2, -0.15) is 0 Å². The van der Waals surface area contributed by atoms with Gasteiger partial charge >= 0.3 is 0 Å². The Morgan fingerprint density at radius 2 is 1.97 bits per heavy atom. The van der Waals surface area contributed by atoms with E-state index in [0.29, 0.717) is 23.6 Å². The molecule has 2 aromatic carbocycles. The molecular formula is C23H19FN2O4S.